The number of rotatable bonds is 7. The third-order valence-corrected chi connectivity index (χ3v) is 3.79. The van der Waals surface area contributed by atoms with Gasteiger partial charge in [0.2, 0.25) is 5.91 Å². The molecular formula is C14H26F3N3O. The van der Waals surface area contributed by atoms with E-state index in [1.165, 1.54) is 0 Å². The first kappa shape index (κ1) is 18.2. The third kappa shape index (κ3) is 7.13. The van der Waals surface area contributed by atoms with E-state index in [1.807, 2.05) is 17.1 Å². The number of nitrogens with one attached hydrogen (secondary N) is 2. The number of piperidine rings is 1. The quantitative estimate of drug-likeness (QED) is 0.753. The van der Waals surface area contributed by atoms with Gasteiger partial charge in [-0.25, -0.2) is 0 Å². The maximum Gasteiger partial charge on any atom is 0.405 e. The summed E-state index contributed by atoms with van der Waals surface area (Å²) in [6, 6.07) is -0.533. The van der Waals surface area contributed by atoms with Crippen LogP contribution < -0.4 is 10.6 Å². The summed E-state index contributed by atoms with van der Waals surface area (Å²) >= 11 is 0. The Labute approximate surface area is 124 Å². The van der Waals surface area contributed by atoms with Crippen LogP contribution >= 0.6 is 0 Å². The Balaban J connectivity index is 2.50. The van der Waals surface area contributed by atoms with Crippen molar-refractivity contribution in [3.63, 3.8) is 0 Å². The first-order valence-electron chi connectivity index (χ1n) is 7.62. The van der Waals surface area contributed by atoms with Crippen molar-refractivity contribution in [1.82, 2.24) is 15.5 Å². The fourth-order valence-electron chi connectivity index (χ4n) is 2.64. The van der Waals surface area contributed by atoms with Crippen molar-refractivity contribution in [2.45, 2.75) is 45.3 Å². The van der Waals surface area contributed by atoms with Gasteiger partial charge in [0.15, 0.2) is 0 Å². The van der Waals surface area contributed by atoms with Crippen LogP contribution in [0, 0.1) is 5.92 Å². The Bertz CT molecular complexity index is 317. The molecule has 0 aromatic rings. The van der Waals surface area contributed by atoms with Gasteiger partial charge >= 0.3 is 6.18 Å². The molecule has 4 nitrogen and oxygen atoms in total. The van der Waals surface area contributed by atoms with Gasteiger partial charge in [0, 0.05) is 6.54 Å². The lowest BCUT2D eigenvalue weighted by Gasteiger charge is -2.33. The van der Waals surface area contributed by atoms with Crippen molar-refractivity contribution in [2.24, 2.45) is 5.92 Å². The van der Waals surface area contributed by atoms with E-state index in [1.54, 1.807) is 6.92 Å². The molecule has 21 heavy (non-hydrogen) atoms. The summed E-state index contributed by atoms with van der Waals surface area (Å²) in [5.74, 6) is -0.0901. The monoisotopic (exact) mass is 309 g/mol. The molecule has 2 atom stereocenters. The maximum absolute atomic E-state index is 12.2. The molecule has 7 heteroatoms. The number of nitrogens with zero attached hydrogens (tertiary/aromatic N) is 1. The lowest BCUT2D eigenvalue weighted by atomic mass is 9.98. The van der Waals surface area contributed by atoms with E-state index in [9.17, 15) is 18.0 Å². The Morgan fingerprint density at radius 3 is 2.71 bits per heavy atom. The molecule has 1 saturated heterocycles. The molecule has 0 radical (unpaired) electrons. The van der Waals surface area contributed by atoms with Crippen LogP contribution in [0.1, 0.15) is 33.1 Å². The van der Waals surface area contributed by atoms with Gasteiger partial charge in [-0.05, 0) is 51.7 Å². The van der Waals surface area contributed by atoms with Gasteiger partial charge in [0.25, 0.3) is 0 Å². The molecule has 0 bridgehead atoms. The van der Waals surface area contributed by atoms with Gasteiger partial charge in [-0.1, -0.05) is 6.92 Å². The van der Waals surface area contributed by atoms with E-state index in [2.05, 4.69) is 5.32 Å². The SMILES string of the molecule is CCCN(CC1CCCNC1)C(C)C(=O)NCC(F)(F)F. The van der Waals surface area contributed by atoms with E-state index in [0.717, 1.165) is 45.4 Å². The molecule has 2 N–H and O–H groups in total. The minimum atomic E-state index is -4.36. The third-order valence-electron chi connectivity index (χ3n) is 3.79. The maximum atomic E-state index is 12.2. The van der Waals surface area contributed by atoms with Crippen LogP contribution in [0.2, 0.25) is 0 Å². The predicted molar refractivity (Wildman–Crippen MR) is 76.0 cm³/mol. The zero-order chi connectivity index (χ0) is 15.9. The molecule has 0 aromatic heterocycles. The summed E-state index contributed by atoms with van der Waals surface area (Å²) in [4.78, 5) is 13.9. The standard InChI is InChI=1S/C14H26F3N3O/c1-3-7-20(9-12-5-4-6-18-8-12)11(2)13(21)19-10-14(15,16)17/h11-12,18H,3-10H2,1-2H3,(H,19,21). The van der Waals surface area contributed by atoms with Gasteiger partial charge in [-0.3, -0.25) is 9.69 Å². The van der Waals surface area contributed by atoms with E-state index >= 15 is 0 Å². The molecule has 0 spiro atoms. The fraction of sp³-hybridized carbons (Fsp3) is 0.929. The number of hydrogen-bond acceptors (Lipinski definition) is 3. The highest BCUT2D eigenvalue weighted by atomic mass is 19.4. The molecule has 0 aromatic carbocycles. The lowest BCUT2D eigenvalue weighted by Crippen LogP contribution is -2.50. The second-order valence-electron chi connectivity index (χ2n) is 5.72. The number of amides is 1. The molecule has 1 amide bonds. The smallest absolute Gasteiger partial charge is 0.346 e. The average Bonchev–Trinajstić information content (AvgIpc) is 2.44. The molecule has 1 heterocycles. The Hall–Kier alpha value is -0.820. The second kappa shape index (κ2) is 8.58. The van der Waals surface area contributed by atoms with Crippen LogP contribution in [-0.4, -0.2) is 55.7 Å². The van der Waals surface area contributed by atoms with Crippen LogP contribution in [-0.2, 0) is 4.79 Å². The summed E-state index contributed by atoms with van der Waals surface area (Å²) in [6.45, 7) is 5.83. The van der Waals surface area contributed by atoms with E-state index in [-0.39, 0.29) is 0 Å². The van der Waals surface area contributed by atoms with E-state index < -0.39 is 24.7 Å². The van der Waals surface area contributed by atoms with Gasteiger partial charge in [0.1, 0.15) is 6.54 Å². The molecule has 1 rings (SSSR count). The molecule has 0 saturated carbocycles. The number of carbonyl (C=O) groups is 1. The van der Waals surface area contributed by atoms with Crippen LogP contribution in [0.15, 0.2) is 0 Å². The van der Waals surface area contributed by atoms with Gasteiger partial charge in [0.05, 0.1) is 6.04 Å². The Morgan fingerprint density at radius 2 is 2.19 bits per heavy atom. The second-order valence-corrected chi connectivity index (χ2v) is 5.72. The Kier molecular flexibility index (Phi) is 7.45. The zero-order valence-electron chi connectivity index (χ0n) is 12.8. The first-order chi connectivity index (χ1) is 9.83. The number of carbonyl (C=O) groups excluding carboxylic acids is 1. The minimum absolute atomic E-state index is 0.461. The number of halogens is 3. The van der Waals surface area contributed by atoms with Crippen molar-refractivity contribution >= 4 is 5.91 Å². The summed E-state index contributed by atoms with van der Waals surface area (Å²) in [5, 5.41) is 5.30. The highest BCUT2D eigenvalue weighted by molar-refractivity contribution is 5.81. The predicted octanol–water partition coefficient (Wildman–Crippen LogP) is 1.77. The Morgan fingerprint density at radius 1 is 1.48 bits per heavy atom. The van der Waals surface area contributed by atoms with Crippen molar-refractivity contribution in [3.8, 4) is 0 Å². The highest BCUT2D eigenvalue weighted by Gasteiger charge is 2.30. The molecule has 124 valence electrons. The first-order valence-corrected chi connectivity index (χ1v) is 7.62. The summed E-state index contributed by atoms with van der Waals surface area (Å²) in [7, 11) is 0. The van der Waals surface area contributed by atoms with Gasteiger partial charge in [-0.2, -0.15) is 13.2 Å². The molecule has 2 unspecified atom stereocenters. The molecule has 1 fully saturated rings. The molecule has 1 aliphatic heterocycles. The largest absolute Gasteiger partial charge is 0.405 e. The van der Waals surface area contributed by atoms with E-state index in [4.69, 9.17) is 0 Å². The van der Waals surface area contributed by atoms with Crippen LogP contribution in [0.25, 0.3) is 0 Å². The van der Waals surface area contributed by atoms with E-state index in [0.29, 0.717) is 5.92 Å². The summed E-state index contributed by atoms with van der Waals surface area (Å²) < 4.78 is 36.5. The van der Waals surface area contributed by atoms with Gasteiger partial charge < -0.3 is 10.6 Å². The normalized spacial score (nSPS) is 21.3. The van der Waals surface area contributed by atoms with Crippen molar-refractivity contribution < 1.29 is 18.0 Å². The fourth-order valence-corrected chi connectivity index (χ4v) is 2.64. The molecular weight excluding hydrogens is 283 g/mol. The van der Waals surface area contributed by atoms with Crippen LogP contribution in [0.5, 0.6) is 0 Å². The van der Waals surface area contributed by atoms with Crippen LogP contribution in [0.4, 0.5) is 13.2 Å². The zero-order valence-corrected chi connectivity index (χ0v) is 12.8. The van der Waals surface area contributed by atoms with Gasteiger partial charge in [-0.15, -0.1) is 0 Å². The van der Waals surface area contributed by atoms with Crippen molar-refractivity contribution in [1.29, 1.82) is 0 Å². The molecule has 0 aliphatic carbocycles. The highest BCUT2D eigenvalue weighted by Crippen LogP contribution is 2.15. The van der Waals surface area contributed by atoms with Crippen LogP contribution in [0.3, 0.4) is 0 Å². The van der Waals surface area contributed by atoms with Crippen molar-refractivity contribution in [3.05, 3.63) is 0 Å². The number of hydrogen-bond donors (Lipinski definition) is 2. The lowest BCUT2D eigenvalue weighted by molar-refractivity contribution is -0.141. The number of alkyl halides is 3. The topological polar surface area (TPSA) is 44.4 Å². The molecule has 1 aliphatic rings. The van der Waals surface area contributed by atoms with Crippen molar-refractivity contribution in [2.75, 3.05) is 32.7 Å². The summed E-state index contributed by atoms with van der Waals surface area (Å²) in [5.41, 5.74) is 0. The summed E-state index contributed by atoms with van der Waals surface area (Å²) in [6.07, 6.45) is -1.28. The minimum Gasteiger partial charge on any atom is -0.346 e. The average molecular weight is 309 g/mol.